The maximum Gasteiger partial charge on any atom is 0.501 e. The largest absolute Gasteiger partial charge is 0.501 e. The van der Waals surface area contributed by atoms with Gasteiger partial charge in [0.15, 0.2) is 0 Å². The Labute approximate surface area is 214 Å². The van der Waals surface area contributed by atoms with Crippen molar-refractivity contribution in [3.05, 3.63) is 12.2 Å². The van der Waals surface area contributed by atoms with Crippen molar-refractivity contribution in [1.29, 1.82) is 0 Å². The van der Waals surface area contributed by atoms with Crippen molar-refractivity contribution in [2.45, 2.75) is 84.1 Å². The van der Waals surface area contributed by atoms with Crippen LogP contribution in [0, 0.1) is 5.92 Å². The number of hydrogen-bond donors (Lipinski definition) is 0. The van der Waals surface area contributed by atoms with Crippen LogP contribution in [0.4, 0.5) is 0 Å². The highest BCUT2D eigenvalue weighted by Crippen LogP contribution is 2.41. The lowest BCUT2D eigenvalue weighted by Gasteiger charge is -2.28. The van der Waals surface area contributed by atoms with Crippen molar-refractivity contribution in [3.8, 4) is 0 Å². The van der Waals surface area contributed by atoms with Gasteiger partial charge >= 0.3 is 23.6 Å². The molecule has 35 heavy (non-hydrogen) atoms. The van der Waals surface area contributed by atoms with Gasteiger partial charge in [0.05, 0.1) is 18.8 Å². The molecular weight excluding hydrogens is 488 g/mol. The molecule has 0 aromatic rings. The fourth-order valence-corrected chi connectivity index (χ4v) is 8.72. The van der Waals surface area contributed by atoms with E-state index in [2.05, 4.69) is 6.58 Å². The molecule has 0 spiro atoms. The summed E-state index contributed by atoms with van der Waals surface area (Å²) >= 11 is 0. The van der Waals surface area contributed by atoms with Crippen LogP contribution < -0.4 is 0 Å². The summed E-state index contributed by atoms with van der Waals surface area (Å²) in [5.74, 6) is 0.396. The minimum Gasteiger partial charge on any atom is -0.462 e. The Bertz CT molecular complexity index is 591. The number of carbonyl (C=O) groups excluding carboxylic acids is 1. The van der Waals surface area contributed by atoms with E-state index in [-0.39, 0.29) is 5.97 Å². The molecule has 2 rings (SSSR count). The fourth-order valence-electron chi connectivity index (χ4n) is 4.26. The van der Waals surface area contributed by atoms with E-state index in [1.165, 1.54) is 19.3 Å². The van der Waals surface area contributed by atoms with Gasteiger partial charge in [-0.2, -0.15) is 0 Å². The fraction of sp³-hybridized carbons (Fsp3) is 0.875. The van der Waals surface area contributed by atoms with Crippen LogP contribution in [0.25, 0.3) is 0 Å². The monoisotopic (exact) mass is 536 g/mol. The SMILES string of the molecule is C=C(C)C(=O)OCCC[Si](OCC)(OCC)OCC.CO[Si](CCC1CCC2OC2C1)(OC)OC. The van der Waals surface area contributed by atoms with Gasteiger partial charge in [-0.1, -0.05) is 6.58 Å². The standard InChI is InChI=1S/C13H26O5Si.C11H22O4Si/c1-6-16-19(17-7-2,18-8-3)11-9-10-15-13(14)12(4)5;1-12-16(13-2,14-3)7-6-9-4-5-10-11(8-9)15-10/h4,6-11H2,1-3,5H3;9-11H,4-8H2,1-3H3. The van der Waals surface area contributed by atoms with Crippen LogP contribution >= 0.6 is 0 Å². The zero-order chi connectivity index (χ0) is 26.3. The summed E-state index contributed by atoms with van der Waals surface area (Å²) in [6, 6.07) is 1.56. The van der Waals surface area contributed by atoms with E-state index in [0.717, 1.165) is 18.4 Å². The van der Waals surface area contributed by atoms with Gasteiger partial charge in [-0.25, -0.2) is 4.79 Å². The second kappa shape index (κ2) is 17.0. The molecule has 1 saturated carbocycles. The molecule has 0 aromatic heterocycles. The molecule has 0 bridgehead atoms. The van der Waals surface area contributed by atoms with Gasteiger partial charge in [0.2, 0.25) is 0 Å². The summed E-state index contributed by atoms with van der Waals surface area (Å²) in [7, 11) is 0.0830. The van der Waals surface area contributed by atoms with Gasteiger partial charge in [-0.3, -0.25) is 0 Å². The van der Waals surface area contributed by atoms with Crippen molar-refractivity contribution in [2.24, 2.45) is 5.92 Å². The predicted octanol–water partition coefficient (Wildman–Crippen LogP) is 4.37. The molecule has 1 aliphatic carbocycles. The van der Waals surface area contributed by atoms with E-state index >= 15 is 0 Å². The number of hydrogen-bond acceptors (Lipinski definition) is 9. The third kappa shape index (κ3) is 11.5. The van der Waals surface area contributed by atoms with Crippen LogP contribution in [0.3, 0.4) is 0 Å². The second-order valence-electron chi connectivity index (χ2n) is 8.73. The second-order valence-corrected chi connectivity index (χ2v) is 14.6. The first-order valence-corrected chi connectivity index (χ1v) is 16.7. The minimum absolute atomic E-state index is 0.327. The van der Waals surface area contributed by atoms with E-state index in [9.17, 15) is 4.79 Å². The summed E-state index contributed by atoms with van der Waals surface area (Å²) in [5.41, 5.74) is 0.405. The third-order valence-electron chi connectivity index (χ3n) is 6.21. The molecule has 1 heterocycles. The third-order valence-corrected chi connectivity index (χ3v) is 12.1. The number of esters is 1. The number of carbonyl (C=O) groups is 1. The smallest absolute Gasteiger partial charge is 0.462 e. The number of ether oxygens (including phenoxy) is 2. The van der Waals surface area contributed by atoms with E-state index in [0.29, 0.717) is 56.7 Å². The van der Waals surface area contributed by atoms with E-state index in [1.54, 1.807) is 28.3 Å². The molecule has 1 aliphatic heterocycles. The maximum atomic E-state index is 11.2. The van der Waals surface area contributed by atoms with Crippen LogP contribution in [0.15, 0.2) is 12.2 Å². The molecule has 3 atom stereocenters. The van der Waals surface area contributed by atoms with Crippen LogP contribution in [0.2, 0.25) is 12.1 Å². The Balaban J connectivity index is 0.000000353. The lowest BCUT2D eigenvalue weighted by Crippen LogP contribution is -2.46. The zero-order valence-electron chi connectivity index (χ0n) is 22.9. The van der Waals surface area contributed by atoms with E-state index in [4.69, 9.17) is 36.0 Å². The van der Waals surface area contributed by atoms with Gasteiger partial charge in [0.1, 0.15) is 0 Å². The maximum absolute atomic E-state index is 11.2. The Morgan fingerprint density at radius 3 is 1.91 bits per heavy atom. The first-order valence-electron chi connectivity index (χ1n) is 12.8. The number of epoxide rings is 1. The minimum atomic E-state index is -2.61. The van der Waals surface area contributed by atoms with Crippen molar-refractivity contribution in [2.75, 3.05) is 47.8 Å². The Hall–Kier alpha value is -0.636. The lowest BCUT2D eigenvalue weighted by atomic mass is 9.88. The average Bonchev–Trinajstić information content (AvgIpc) is 3.63. The molecule has 0 N–H and O–H groups in total. The summed E-state index contributed by atoms with van der Waals surface area (Å²) in [4.78, 5) is 11.2. The van der Waals surface area contributed by atoms with Gasteiger partial charge in [-0.15, -0.1) is 0 Å². The van der Waals surface area contributed by atoms with Gasteiger partial charge < -0.3 is 36.0 Å². The summed E-state index contributed by atoms with van der Waals surface area (Å²) in [5, 5.41) is 0. The molecule has 3 unspecified atom stereocenters. The van der Waals surface area contributed by atoms with Crippen LogP contribution in [0.5, 0.6) is 0 Å². The Morgan fingerprint density at radius 2 is 1.46 bits per heavy atom. The molecule has 2 aliphatic rings. The van der Waals surface area contributed by atoms with Gasteiger partial charge in [0.25, 0.3) is 0 Å². The first-order chi connectivity index (χ1) is 16.7. The molecule has 0 amide bonds. The lowest BCUT2D eigenvalue weighted by molar-refractivity contribution is -0.139. The van der Waals surface area contributed by atoms with Crippen LogP contribution in [-0.4, -0.2) is 83.5 Å². The van der Waals surface area contributed by atoms with Crippen molar-refractivity contribution < 1.29 is 40.8 Å². The molecule has 0 aromatic carbocycles. The van der Waals surface area contributed by atoms with Crippen molar-refractivity contribution in [3.63, 3.8) is 0 Å². The first kappa shape index (κ1) is 32.4. The van der Waals surface area contributed by atoms with Crippen LogP contribution in [-0.2, 0) is 40.8 Å². The normalized spacial score (nSPS) is 21.5. The molecule has 206 valence electrons. The van der Waals surface area contributed by atoms with Gasteiger partial charge in [-0.05, 0) is 65.7 Å². The van der Waals surface area contributed by atoms with Crippen LogP contribution in [0.1, 0.15) is 59.8 Å². The van der Waals surface area contributed by atoms with Gasteiger partial charge in [0, 0.05) is 58.8 Å². The average molecular weight is 537 g/mol. The molecule has 0 radical (unpaired) electrons. The summed E-state index contributed by atoms with van der Waals surface area (Å²) in [6.45, 7) is 12.9. The Morgan fingerprint density at radius 1 is 0.886 bits per heavy atom. The summed E-state index contributed by atoms with van der Waals surface area (Å²) in [6.07, 6.45) is 6.67. The highest BCUT2D eigenvalue weighted by molar-refractivity contribution is 6.61. The predicted molar refractivity (Wildman–Crippen MR) is 138 cm³/mol. The molecule has 2 fully saturated rings. The van der Waals surface area contributed by atoms with E-state index in [1.807, 2.05) is 20.8 Å². The van der Waals surface area contributed by atoms with E-state index < -0.39 is 17.6 Å². The molecule has 9 nitrogen and oxygen atoms in total. The quantitative estimate of drug-likeness (QED) is 0.0883. The highest BCUT2D eigenvalue weighted by atomic mass is 28.4. The van der Waals surface area contributed by atoms with Crippen molar-refractivity contribution in [1.82, 2.24) is 0 Å². The topological polar surface area (TPSA) is 94.2 Å². The molecular formula is C24H48O9Si2. The number of fused-ring (bicyclic) bond motifs is 1. The Kier molecular flexibility index (Phi) is 15.7. The molecule has 11 heteroatoms. The number of rotatable bonds is 17. The molecule has 1 saturated heterocycles. The highest BCUT2D eigenvalue weighted by Gasteiger charge is 2.45. The van der Waals surface area contributed by atoms with Crippen molar-refractivity contribution >= 4 is 23.6 Å². The zero-order valence-corrected chi connectivity index (χ0v) is 24.9. The summed E-state index contributed by atoms with van der Waals surface area (Å²) < 4.78 is 44.0.